The van der Waals surface area contributed by atoms with E-state index >= 15 is 0 Å². The summed E-state index contributed by atoms with van der Waals surface area (Å²) >= 11 is 0. The van der Waals surface area contributed by atoms with E-state index in [-0.39, 0.29) is 11.8 Å². The Morgan fingerprint density at radius 2 is 1.87 bits per heavy atom. The first-order valence-electron chi connectivity index (χ1n) is 8.51. The maximum absolute atomic E-state index is 12.8. The molecule has 1 atom stereocenters. The van der Waals surface area contributed by atoms with E-state index in [0.717, 1.165) is 35.2 Å². The largest absolute Gasteiger partial charge is 0.398 e. The van der Waals surface area contributed by atoms with Gasteiger partial charge in [0.15, 0.2) is 0 Å². The van der Waals surface area contributed by atoms with Crippen LogP contribution in [0, 0.1) is 0 Å². The van der Waals surface area contributed by atoms with Gasteiger partial charge in [0.05, 0.1) is 11.6 Å². The molecule has 23 heavy (non-hydrogen) atoms. The molecule has 0 aromatic heterocycles. The van der Waals surface area contributed by atoms with Crippen LogP contribution in [0.4, 0.5) is 11.4 Å². The third kappa shape index (κ3) is 3.09. The molecule has 1 heterocycles. The summed E-state index contributed by atoms with van der Waals surface area (Å²) in [6.07, 6.45) is 5.57. The van der Waals surface area contributed by atoms with Crippen LogP contribution in [-0.4, -0.2) is 5.91 Å². The molecule has 1 amide bonds. The zero-order valence-corrected chi connectivity index (χ0v) is 13.6. The van der Waals surface area contributed by atoms with E-state index in [9.17, 15) is 4.79 Å². The van der Waals surface area contributed by atoms with Gasteiger partial charge < -0.3 is 11.1 Å². The van der Waals surface area contributed by atoms with Gasteiger partial charge in [-0.25, -0.2) is 0 Å². The van der Waals surface area contributed by atoms with E-state index in [2.05, 4.69) is 24.4 Å². The van der Waals surface area contributed by atoms with Crippen LogP contribution in [0.3, 0.4) is 0 Å². The van der Waals surface area contributed by atoms with Crippen LogP contribution in [0.2, 0.25) is 0 Å². The van der Waals surface area contributed by atoms with E-state index in [1.54, 1.807) is 0 Å². The van der Waals surface area contributed by atoms with Crippen molar-refractivity contribution in [2.24, 2.45) is 0 Å². The number of amides is 1. The highest BCUT2D eigenvalue weighted by molar-refractivity contribution is 6.05. The fraction of sp³-hybridized carbons (Fsp3) is 0.350. The molecular formula is C20H24N2O. The first-order chi connectivity index (χ1) is 11.2. The molecule has 3 rings (SSSR count). The van der Waals surface area contributed by atoms with E-state index in [1.807, 2.05) is 30.3 Å². The number of hydrogen-bond donors (Lipinski definition) is 2. The molecule has 1 unspecified atom stereocenters. The Morgan fingerprint density at radius 1 is 1.04 bits per heavy atom. The minimum absolute atomic E-state index is 0.0818. The van der Waals surface area contributed by atoms with Crippen molar-refractivity contribution in [1.29, 1.82) is 0 Å². The number of benzene rings is 2. The van der Waals surface area contributed by atoms with Crippen molar-refractivity contribution in [3.8, 4) is 11.1 Å². The summed E-state index contributed by atoms with van der Waals surface area (Å²) in [6, 6.07) is 13.9. The number of nitrogen functional groups attached to an aromatic ring is 1. The second-order valence-electron chi connectivity index (χ2n) is 6.25. The molecule has 3 N–H and O–H groups in total. The molecule has 1 aliphatic heterocycles. The highest BCUT2D eigenvalue weighted by atomic mass is 16.1. The van der Waals surface area contributed by atoms with Crippen molar-refractivity contribution in [3.63, 3.8) is 0 Å². The zero-order valence-electron chi connectivity index (χ0n) is 13.6. The molecule has 3 nitrogen and oxygen atoms in total. The molecule has 0 fully saturated rings. The summed E-state index contributed by atoms with van der Waals surface area (Å²) in [5.74, 6) is -0.0202. The maximum atomic E-state index is 12.8. The van der Waals surface area contributed by atoms with Gasteiger partial charge >= 0.3 is 0 Å². The number of rotatable bonds is 5. The lowest BCUT2D eigenvalue weighted by molar-refractivity contribution is -0.117. The summed E-state index contributed by atoms with van der Waals surface area (Å²) in [6.45, 7) is 2.20. The normalized spacial score (nSPS) is 16.2. The van der Waals surface area contributed by atoms with Gasteiger partial charge in [-0.2, -0.15) is 0 Å². The van der Waals surface area contributed by atoms with Crippen molar-refractivity contribution in [2.45, 2.75) is 44.9 Å². The first-order valence-corrected chi connectivity index (χ1v) is 8.51. The number of nitrogens with two attached hydrogens (primary N) is 1. The minimum Gasteiger partial charge on any atom is -0.398 e. The Balaban J connectivity index is 2.00. The van der Waals surface area contributed by atoms with Gasteiger partial charge in [0.25, 0.3) is 0 Å². The molecule has 2 aromatic carbocycles. The lowest BCUT2D eigenvalue weighted by Gasteiger charge is -2.16. The van der Waals surface area contributed by atoms with Gasteiger partial charge in [-0.3, -0.25) is 4.79 Å². The second-order valence-corrected chi connectivity index (χ2v) is 6.25. The van der Waals surface area contributed by atoms with Crippen molar-refractivity contribution in [2.75, 3.05) is 11.1 Å². The summed E-state index contributed by atoms with van der Waals surface area (Å²) < 4.78 is 0. The molecule has 2 aromatic rings. The van der Waals surface area contributed by atoms with Crippen molar-refractivity contribution < 1.29 is 4.79 Å². The molecule has 0 bridgehead atoms. The predicted octanol–water partition coefficient (Wildman–Crippen LogP) is 4.94. The van der Waals surface area contributed by atoms with Crippen LogP contribution in [0.15, 0.2) is 42.5 Å². The lowest BCUT2D eigenvalue weighted by atomic mass is 9.87. The van der Waals surface area contributed by atoms with Gasteiger partial charge in [-0.1, -0.05) is 62.9 Å². The van der Waals surface area contributed by atoms with Crippen molar-refractivity contribution in [1.82, 2.24) is 0 Å². The molecule has 3 heteroatoms. The van der Waals surface area contributed by atoms with Crippen LogP contribution in [0.1, 0.15) is 50.5 Å². The molecule has 120 valence electrons. The van der Waals surface area contributed by atoms with Crippen LogP contribution in [0.5, 0.6) is 0 Å². The molecule has 0 spiro atoms. The van der Waals surface area contributed by atoms with Crippen molar-refractivity contribution in [3.05, 3.63) is 48.0 Å². The lowest BCUT2D eigenvalue weighted by Crippen LogP contribution is -2.19. The number of fused-ring (bicyclic) bond motifs is 3. The maximum Gasteiger partial charge on any atom is 0.231 e. The number of carbonyl (C=O) groups is 1. The zero-order chi connectivity index (χ0) is 16.2. The monoisotopic (exact) mass is 308 g/mol. The number of hydrogen-bond acceptors (Lipinski definition) is 2. The van der Waals surface area contributed by atoms with Gasteiger partial charge in [0, 0.05) is 11.3 Å². The highest BCUT2D eigenvalue weighted by Crippen LogP contribution is 2.42. The number of unbranched alkanes of at least 4 members (excludes halogenated alkanes) is 3. The SMILES string of the molecule is CCCCCCC1C(=O)Nc2cccc(N)c2-c2ccccc21. The molecule has 0 aliphatic carbocycles. The molecule has 0 saturated carbocycles. The van der Waals surface area contributed by atoms with Crippen LogP contribution in [-0.2, 0) is 4.79 Å². The minimum atomic E-state index is -0.102. The molecule has 0 saturated heterocycles. The van der Waals surface area contributed by atoms with Crippen LogP contribution < -0.4 is 11.1 Å². The topological polar surface area (TPSA) is 55.1 Å². The number of anilines is 2. The smallest absolute Gasteiger partial charge is 0.231 e. The average molecular weight is 308 g/mol. The van der Waals surface area contributed by atoms with Crippen LogP contribution >= 0.6 is 0 Å². The second kappa shape index (κ2) is 6.86. The first kappa shape index (κ1) is 15.6. The number of nitrogens with one attached hydrogen (secondary N) is 1. The van der Waals surface area contributed by atoms with Gasteiger partial charge in [-0.15, -0.1) is 0 Å². The van der Waals surface area contributed by atoms with Gasteiger partial charge in [0.1, 0.15) is 0 Å². The summed E-state index contributed by atoms with van der Waals surface area (Å²) in [5.41, 5.74) is 10.9. The molecule has 1 aliphatic rings. The number of carbonyl (C=O) groups excluding carboxylic acids is 1. The molecule has 0 radical (unpaired) electrons. The predicted molar refractivity (Wildman–Crippen MR) is 96.4 cm³/mol. The van der Waals surface area contributed by atoms with Crippen LogP contribution in [0.25, 0.3) is 11.1 Å². The Hall–Kier alpha value is -2.29. The Morgan fingerprint density at radius 3 is 2.70 bits per heavy atom. The fourth-order valence-corrected chi connectivity index (χ4v) is 3.43. The fourth-order valence-electron chi connectivity index (χ4n) is 3.43. The third-order valence-electron chi connectivity index (χ3n) is 4.62. The van der Waals surface area contributed by atoms with E-state index < -0.39 is 0 Å². The Kier molecular flexibility index (Phi) is 4.65. The third-order valence-corrected chi connectivity index (χ3v) is 4.62. The quantitative estimate of drug-likeness (QED) is 0.607. The van der Waals surface area contributed by atoms with E-state index in [4.69, 9.17) is 5.73 Å². The highest BCUT2D eigenvalue weighted by Gasteiger charge is 2.28. The summed E-state index contributed by atoms with van der Waals surface area (Å²) in [4.78, 5) is 12.8. The summed E-state index contributed by atoms with van der Waals surface area (Å²) in [7, 11) is 0. The Labute approximate surface area is 137 Å². The Bertz CT molecular complexity index is 709. The van der Waals surface area contributed by atoms with E-state index in [0.29, 0.717) is 5.69 Å². The van der Waals surface area contributed by atoms with Gasteiger partial charge in [0.2, 0.25) is 5.91 Å². The summed E-state index contributed by atoms with van der Waals surface area (Å²) in [5, 5.41) is 3.08. The van der Waals surface area contributed by atoms with Gasteiger partial charge in [-0.05, 0) is 29.7 Å². The standard InChI is InChI=1S/C20H24N2O/c1-2-3-4-5-11-16-14-9-6-7-10-15(14)19-17(21)12-8-13-18(19)22-20(16)23/h6-10,12-13,16H,2-5,11,21H2,1H3,(H,22,23). The molecular weight excluding hydrogens is 284 g/mol. The van der Waals surface area contributed by atoms with E-state index in [1.165, 1.54) is 19.3 Å². The average Bonchev–Trinajstić information content (AvgIpc) is 2.67. The van der Waals surface area contributed by atoms with Crippen molar-refractivity contribution >= 4 is 17.3 Å².